The number of Topliss-reactive ketones (excluding diaryl/α,β-unsaturated/α-hetero) is 2. The Balaban J connectivity index is 0.000000774. The maximum Gasteiger partial charge on any atom is 0.299 e. The van der Waals surface area contributed by atoms with Crippen LogP contribution in [0.3, 0.4) is 0 Å². The molecule has 0 aromatic carbocycles. The molecule has 3 amide bonds. The number of likely N-dealkylation sites (N-methyl/N-ethyl adjacent to an activating group) is 2. The lowest BCUT2D eigenvalue weighted by atomic mass is 9.70. The Morgan fingerprint density at radius 3 is 2.13 bits per heavy atom. The van der Waals surface area contributed by atoms with E-state index in [1.807, 2.05) is 30.7 Å². The molecule has 0 aromatic heterocycles. The Morgan fingerprint density at radius 2 is 1.67 bits per heavy atom. The zero-order valence-electron chi connectivity index (χ0n) is 34.1. The summed E-state index contributed by atoms with van der Waals surface area (Å²) in [6.45, 7) is 21.7. The summed E-state index contributed by atoms with van der Waals surface area (Å²) in [7, 11) is 1.98. The lowest BCUT2D eigenvalue weighted by Crippen LogP contribution is -2.56. The van der Waals surface area contributed by atoms with Crippen molar-refractivity contribution in [3.8, 4) is 6.07 Å². The topological polar surface area (TPSA) is 169 Å². The van der Waals surface area contributed by atoms with Crippen LogP contribution in [-0.4, -0.2) is 103 Å². The molecule has 1 heterocycles. The van der Waals surface area contributed by atoms with Crippen LogP contribution >= 0.6 is 0 Å². The van der Waals surface area contributed by atoms with Gasteiger partial charge in [-0.3, -0.25) is 24.0 Å². The van der Waals surface area contributed by atoms with E-state index < -0.39 is 17.6 Å². The Bertz CT molecular complexity index is 1140. The summed E-state index contributed by atoms with van der Waals surface area (Å²) in [6, 6.07) is 0.770. The molecule has 0 spiro atoms. The average Bonchev–Trinajstić information content (AvgIpc) is 3.09. The van der Waals surface area contributed by atoms with Crippen LogP contribution in [0.25, 0.3) is 0 Å². The molecule has 0 aromatic rings. The number of piperidine rings is 1. The van der Waals surface area contributed by atoms with Gasteiger partial charge in [-0.2, -0.15) is 5.26 Å². The van der Waals surface area contributed by atoms with Gasteiger partial charge in [0.2, 0.25) is 24.0 Å². The molecule has 12 heteroatoms. The van der Waals surface area contributed by atoms with Gasteiger partial charge in [-0.25, -0.2) is 0 Å². The van der Waals surface area contributed by atoms with Crippen molar-refractivity contribution in [1.82, 2.24) is 25.8 Å². The number of ketones is 2. The van der Waals surface area contributed by atoms with E-state index in [2.05, 4.69) is 64.4 Å². The molecular formula is C40H72N6O6. The minimum atomic E-state index is -1.06. The molecule has 1 saturated carbocycles. The quantitative estimate of drug-likeness (QED) is 0.0942. The predicted molar refractivity (Wildman–Crippen MR) is 206 cm³/mol. The second kappa shape index (κ2) is 25.7. The maximum absolute atomic E-state index is 13.1. The highest BCUT2D eigenvalue weighted by atomic mass is 16.2. The molecule has 3 N–H and O–H groups in total. The minimum Gasteiger partial charge on any atom is -0.346 e. The van der Waals surface area contributed by atoms with E-state index in [4.69, 9.17) is 5.26 Å². The average molecular weight is 733 g/mol. The van der Waals surface area contributed by atoms with Crippen molar-refractivity contribution in [1.29, 1.82) is 5.26 Å². The van der Waals surface area contributed by atoms with Gasteiger partial charge in [0.15, 0.2) is 0 Å². The van der Waals surface area contributed by atoms with Crippen LogP contribution in [0.2, 0.25) is 0 Å². The number of hydrogen-bond donors (Lipinski definition) is 3. The zero-order chi connectivity index (χ0) is 39.9. The van der Waals surface area contributed by atoms with Gasteiger partial charge in [0.05, 0.1) is 12.6 Å². The number of nitrogens with zero attached hydrogens (tertiary/aromatic N) is 3. The number of carbonyl (C=O) groups is 6. The first-order valence-corrected chi connectivity index (χ1v) is 19.6. The van der Waals surface area contributed by atoms with Crippen molar-refractivity contribution >= 4 is 36.1 Å². The second-order valence-electron chi connectivity index (χ2n) is 16.1. The number of hydrogen-bond acceptors (Lipinski definition) is 9. The Morgan fingerprint density at radius 1 is 1.04 bits per heavy atom. The van der Waals surface area contributed by atoms with Crippen molar-refractivity contribution in [2.24, 2.45) is 16.7 Å². The number of rotatable bonds is 19. The van der Waals surface area contributed by atoms with Crippen LogP contribution in [0.15, 0.2) is 0 Å². The molecule has 0 radical (unpaired) electrons. The largest absolute Gasteiger partial charge is 0.346 e. The summed E-state index contributed by atoms with van der Waals surface area (Å²) in [4.78, 5) is 72.1. The Hall–Kier alpha value is -3.17. The monoisotopic (exact) mass is 733 g/mol. The van der Waals surface area contributed by atoms with Crippen LogP contribution in [0.5, 0.6) is 0 Å². The molecule has 4 atom stereocenters. The van der Waals surface area contributed by atoms with Gasteiger partial charge in [0.1, 0.15) is 18.4 Å². The van der Waals surface area contributed by atoms with E-state index in [0.717, 1.165) is 77.3 Å². The number of amides is 3. The molecule has 1 saturated heterocycles. The molecule has 12 nitrogen and oxygen atoms in total. The summed E-state index contributed by atoms with van der Waals surface area (Å²) in [6.07, 6.45) is 12.9. The molecule has 0 bridgehead atoms. The van der Waals surface area contributed by atoms with Gasteiger partial charge in [0, 0.05) is 38.1 Å². The summed E-state index contributed by atoms with van der Waals surface area (Å²) in [5.74, 6) is -0.847. The van der Waals surface area contributed by atoms with E-state index in [0.29, 0.717) is 43.5 Å². The molecule has 2 aliphatic rings. The highest BCUT2D eigenvalue weighted by Crippen LogP contribution is 2.39. The third kappa shape index (κ3) is 17.6. The van der Waals surface area contributed by atoms with Crippen LogP contribution in [0.1, 0.15) is 139 Å². The van der Waals surface area contributed by atoms with Crippen molar-refractivity contribution in [2.45, 2.75) is 164 Å². The van der Waals surface area contributed by atoms with Crippen molar-refractivity contribution in [3.05, 3.63) is 0 Å². The van der Waals surface area contributed by atoms with E-state index >= 15 is 0 Å². The standard InChI is InChI=1S/C18H34N2O2.C12H24N2O.C10H14N2O3/c1-6-20(15(4)12-14(2)3)17(22)16(19-13-21)18(5)10-8-7-9-11-18;1-12(2,3)10(13-4)9-14-8-6-5-7-11(14)15;1-2-3-4-8(12-5-6-13)10(15)9(14)7-11/h13-16H,6-12H2,1-5H3,(H,19,21);10,13H,5-9H2,1-4H3;6,8,12H,2-5H2,1H3. The van der Waals surface area contributed by atoms with Crippen LogP contribution in [0.4, 0.5) is 0 Å². The second-order valence-corrected chi connectivity index (χ2v) is 16.1. The molecule has 52 heavy (non-hydrogen) atoms. The summed E-state index contributed by atoms with van der Waals surface area (Å²) in [5, 5.41) is 17.1. The third-order valence-corrected chi connectivity index (χ3v) is 10.3. The van der Waals surface area contributed by atoms with Crippen molar-refractivity contribution < 1.29 is 28.8 Å². The first kappa shape index (κ1) is 48.8. The lowest BCUT2D eigenvalue weighted by Gasteiger charge is -2.42. The van der Waals surface area contributed by atoms with Gasteiger partial charge in [-0.05, 0) is 76.2 Å². The van der Waals surface area contributed by atoms with E-state index in [1.165, 1.54) is 12.5 Å². The van der Waals surface area contributed by atoms with Gasteiger partial charge in [-0.15, -0.1) is 0 Å². The molecule has 298 valence electrons. The predicted octanol–water partition coefficient (Wildman–Crippen LogP) is 4.98. The smallest absolute Gasteiger partial charge is 0.299 e. The number of nitriles is 1. The fourth-order valence-corrected chi connectivity index (χ4v) is 7.16. The van der Waals surface area contributed by atoms with Gasteiger partial charge >= 0.3 is 0 Å². The normalized spacial score (nSPS) is 17.8. The number of unbranched alkanes of at least 4 members (excludes halogenated alkanes) is 1. The lowest BCUT2D eigenvalue weighted by molar-refractivity contribution is -0.141. The van der Waals surface area contributed by atoms with E-state index in [9.17, 15) is 28.8 Å². The summed E-state index contributed by atoms with van der Waals surface area (Å²) >= 11 is 0. The minimum absolute atomic E-state index is 0.0127. The number of aldehydes is 1. The molecule has 1 aliphatic carbocycles. The first-order valence-electron chi connectivity index (χ1n) is 19.6. The SMILES string of the molecule is CCCCC(NCC=O)C(=O)C(=O)C#N.CCN(C(=O)C(NC=O)C1(C)CCCCC1)C(C)CC(C)C.CNC(CN1CCCCC1=O)C(C)(C)C. The molecule has 4 unspecified atom stereocenters. The van der Waals surface area contributed by atoms with E-state index in [1.54, 1.807) is 0 Å². The Labute approximate surface area is 315 Å². The zero-order valence-corrected chi connectivity index (χ0v) is 34.1. The van der Waals surface area contributed by atoms with Gasteiger partial charge in [0.25, 0.3) is 5.78 Å². The highest BCUT2D eigenvalue weighted by molar-refractivity contribution is 6.45. The molecule has 2 rings (SSSR count). The van der Waals surface area contributed by atoms with Crippen molar-refractivity contribution in [3.63, 3.8) is 0 Å². The number of carbonyl (C=O) groups excluding carboxylic acids is 6. The third-order valence-electron chi connectivity index (χ3n) is 10.3. The van der Waals surface area contributed by atoms with Gasteiger partial charge < -0.3 is 30.5 Å². The molecule has 1 aliphatic heterocycles. The Kier molecular flexibility index (Phi) is 24.2. The van der Waals surface area contributed by atoms with Crippen molar-refractivity contribution in [2.75, 3.05) is 33.2 Å². The maximum atomic E-state index is 13.1. The number of likely N-dealkylation sites (tertiary alicyclic amines) is 1. The van der Waals surface area contributed by atoms with Crippen LogP contribution in [0, 0.1) is 28.1 Å². The summed E-state index contributed by atoms with van der Waals surface area (Å²) in [5.41, 5.74) is 0.0910. The first-order chi connectivity index (χ1) is 24.5. The fourth-order valence-electron chi connectivity index (χ4n) is 7.16. The van der Waals surface area contributed by atoms with E-state index in [-0.39, 0.29) is 35.4 Å². The van der Waals surface area contributed by atoms with Gasteiger partial charge in [-0.1, -0.05) is 80.6 Å². The molecule has 2 fully saturated rings. The summed E-state index contributed by atoms with van der Waals surface area (Å²) < 4.78 is 0. The van der Waals surface area contributed by atoms with Crippen LogP contribution < -0.4 is 16.0 Å². The molecular weight excluding hydrogens is 660 g/mol. The van der Waals surface area contributed by atoms with Crippen LogP contribution in [-0.2, 0) is 28.8 Å². The fraction of sp³-hybridized carbons (Fsp3) is 0.825. The highest BCUT2D eigenvalue weighted by Gasteiger charge is 2.42. The number of nitrogens with one attached hydrogen (secondary N) is 3.